The Labute approximate surface area is 201 Å². The van der Waals surface area contributed by atoms with Gasteiger partial charge in [0.2, 0.25) is 0 Å². The normalized spacial score (nSPS) is 12.1. The van der Waals surface area contributed by atoms with E-state index in [1.165, 1.54) is 0 Å². The minimum atomic E-state index is -3.94. The molecule has 0 aliphatic heterocycles. The molecule has 0 saturated carbocycles. The lowest BCUT2D eigenvalue weighted by Crippen LogP contribution is -2.38. The molecule has 0 bridgehead atoms. The molecular weight excluding hydrogens is 449 g/mol. The molecular formula is C27H32NO5P. The lowest BCUT2D eigenvalue weighted by Gasteiger charge is -2.29. The van der Waals surface area contributed by atoms with Crippen LogP contribution in [0.1, 0.15) is 37.0 Å². The van der Waals surface area contributed by atoms with Crippen LogP contribution in [0.25, 0.3) is 0 Å². The standard InChI is InChI=1S/C27H32NO5P/c1-20(2)18-26(28-27(29)31-19-23-14-6-5-7-15-23)34(30,32-24-16-10-8-12-21(24)3)33-25-17-11-9-13-22(25)4/h5-17,20,26H,18-19H2,1-4H3,(H,28,29)/t26-/m0/s1. The molecule has 180 valence electrons. The van der Waals surface area contributed by atoms with Crippen LogP contribution in [0.3, 0.4) is 0 Å². The average molecular weight is 482 g/mol. The minimum absolute atomic E-state index is 0.0999. The quantitative estimate of drug-likeness (QED) is 0.309. The molecule has 0 saturated heterocycles. The van der Waals surface area contributed by atoms with Crippen LogP contribution < -0.4 is 14.4 Å². The first-order valence-corrected chi connectivity index (χ1v) is 13.0. The van der Waals surface area contributed by atoms with E-state index in [-0.39, 0.29) is 12.5 Å². The third kappa shape index (κ3) is 7.13. The van der Waals surface area contributed by atoms with Crippen LogP contribution >= 0.6 is 7.60 Å². The van der Waals surface area contributed by atoms with Gasteiger partial charge < -0.3 is 19.1 Å². The predicted molar refractivity (Wildman–Crippen MR) is 134 cm³/mol. The number of carbonyl (C=O) groups is 1. The highest BCUT2D eigenvalue weighted by Crippen LogP contribution is 2.54. The van der Waals surface area contributed by atoms with Gasteiger partial charge in [-0.2, -0.15) is 0 Å². The van der Waals surface area contributed by atoms with E-state index in [1.807, 2.05) is 82.3 Å². The van der Waals surface area contributed by atoms with Crippen molar-refractivity contribution in [2.45, 2.75) is 46.5 Å². The zero-order valence-corrected chi connectivity index (χ0v) is 21.0. The number of benzene rings is 3. The van der Waals surface area contributed by atoms with Crippen molar-refractivity contribution in [2.75, 3.05) is 0 Å². The van der Waals surface area contributed by atoms with Crippen LogP contribution in [-0.4, -0.2) is 11.9 Å². The van der Waals surface area contributed by atoms with Crippen molar-refractivity contribution in [3.8, 4) is 11.5 Å². The number of nitrogens with one attached hydrogen (secondary N) is 1. The SMILES string of the molecule is Cc1ccccc1OP(=O)(Oc1ccccc1C)[C@@H](CC(C)C)NC(=O)OCc1ccccc1. The summed E-state index contributed by atoms with van der Waals surface area (Å²) in [5.74, 6) is 0.0592. The molecule has 6 nitrogen and oxygen atoms in total. The molecule has 3 rings (SSSR count). The van der Waals surface area contributed by atoms with Crippen molar-refractivity contribution in [1.82, 2.24) is 5.32 Å². The van der Waals surface area contributed by atoms with Crippen LogP contribution in [-0.2, 0) is 15.9 Å². The molecule has 1 N–H and O–H groups in total. The first-order chi connectivity index (χ1) is 16.3. The second-order valence-electron chi connectivity index (χ2n) is 8.60. The number of ether oxygens (including phenoxy) is 1. The molecule has 0 fully saturated rings. The number of hydrogen-bond donors (Lipinski definition) is 1. The molecule has 0 spiro atoms. The summed E-state index contributed by atoms with van der Waals surface area (Å²) in [6, 6.07) is 23.9. The van der Waals surface area contributed by atoms with Gasteiger partial charge in [-0.05, 0) is 55.0 Å². The van der Waals surface area contributed by atoms with Crippen molar-refractivity contribution in [2.24, 2.45) is 5.92 Å². The van der Waals surface area contributed by atoms with Gasteiger partial charge in [0, 0.05) is 0 Å². The number of alkyl carbamates (subject to hydrolysis) is 1. The zero-order valence-electron chi connectivity index (χ0n) is 20.1. The Hall–Kier alpha value is -3.24. The number of aryl methyl sites for hydroxylation is 2. The highest BCUT2D eigenvalue weighted by Gasteiger charge is 2.42. The summed E-state index contributed by atoms with van der Waals surface area (Å²) in [6.45, 7) is 7.80. The molecule has 1 amide bonds. The summed E-state index contributed by atoms with van der Waals surface area (Å²) in [5, 5.41) is 2.76. The van der Waals surface area contributed by atoms with Gasteiger partial charge in [-0.1, -0.05) is 80.6 Å². The number of para-hydroxylation sites is 2. The Kier molecular flexibility index (Phi) is 8.78. The van der Waals surface area contributed by atoms with Crippen molar-refractivity contribution in [3.63, 3.8) is 0 Å². The van der Waals surface area contributed by atoms with E-state index in [2.05, 4.69) is 5.32 Å². The summed E-state index contributed by atoms with van der Waals surface area (Å²) >= 11 is 0. The van der Waals surface area contributed by atoms with Gasteiger partial charge in [0.25, 0.3) is 0 Å². The predicted octanol–water partition coefficient (Wildman–Crippen LogP) is 7.25. The molecule has 3 aromatic rings. The molecule has 0 aliphatic carbocycles. The van der Waals surface area contributed by atoms with Crippen LogP contribution in [0.5, 0.6) is 11.5 Å². The fraction of sp³-hybridized carbons (Fsp3) is 0.296. The van der Waals surface area contributed by atoms with Gasteiger partial charge in [-0.15, -0.1) is 0 Å². The van der Waals surface area contributed by atoms with Gasteiger partial charge in [0.1, 0.15) is 18.1 Å². The molecule has 1 atom stereocenters. The fourth-order valence-corrected chi connectivity index (χ4v) is 5.55. The van der Waals surface area contributed by atoms with Gasteiger partial charge in [0.05, 0.1) is 0 Å². The van der Waals surface area contributed by atoms with E-state index in [4.69, 9.17) is 13.8 Å². The van der Waals surface area contributed by atoms with E-state index in [0.29, 0.717) is 17.9 Å². The highest BCUT2D eigenvalue weighted by atomic mass is 31.2. The highest BCUT2D eigenvalue weighted by molar-refractivity contribution is 7.55. The first-order valence-electron chi connectivity index (χ1n) is 11.3. The summed E-state index contributed by atoms with van der Waals surface area (Å²) in [4.78, 5) is 12.7. The van der Waals surface area contributed by atoms with E-state index in [1.54, 1.807) is 24.3 Å². The molecule has 0 heterocycles. The second kappa shape index (κ2) is 11.8. The van der Waals surface area contributed by atoms with Crippen LogP contribution in [0, 0.1) is 19.8 Å². The van der Waals surface area contributed by atoms with Gasteiger partial charge in [0.15, 0.2) is 5.78 Å². The van der Waals surface area contributed by atoms with E-state index >= 15 is 0 Å². The lowest BCUT2D eigenvalue weighted by atomic mass is 10.1. The number of amides is 1. The van der Waals surface area contributed by atoms with Crippen LogP contribution in [0.15, 0.2) is 78.9 Å². The average Bonchev–Trinajstić information content (AvgIpc) is 2.81. The van der Waals surface area contributed by atoms with Crippen molar-refractivity contribution < 1.29 is 23.1 Å². The molecule has 0 aliphatic rings. The number of carbonyl (C=O) groups excluding carboxylic acids is 1. The molecule has 0 radical (unpaired) electrons. The summed E-state index contributed by atoms with van der Waals surface area (Å²) in [7, 11) is -3.94. The smallest absolute Gasteiger partial charge is 0.445 e. The molecule has 0 aromatic heterocycles. The Balaban J connectivity index is 1.89. The maximum absolute atomic E-state index is 14.4. The monoisotopic (exact) mass is 481 g/mol. The fourth-order valence-electron chi connectivity index (χ4n) is 3.35. The Morgan fingerprint density at radius 2 is 1.32 bits per heavy atom. The van der Waals surface area contributed by atoms with E-state index in [0.717, 1.165) is 16.7 Å². The third-order valence-electron chi connectivity index (χ3n) is 5.21. The van der Waals surface area contributed by atoms with Crippen molar-refractivity contribution in [1.29, 1.82) is 0 Å². The molecule has 34 heavy (non-hydrogen) atoms. The number of hydrogen-bond acceptors (Lipinski definition) is 5. The van der Waals surface area contributed by atoms with Gasteiger partial charge in [-0.3, -0.25) is 0 Å². The number of rotatable bonds is 10. The summed E-state index contributed by atoms with van der Waals surface area (Å²) in [6.07, 6.45) is -0.313. The Morgan fingerprint density at radius 1 is 0.824 bits per heavy atom. The largest absolute Gasteiger partial charge is 0.453 e. The molecule has 0 unspecified atom stereocenters. The second-order valence-corrected chi connectivity index (χ2v) is 10.7. The van der Waals surface area contributed by atoms with Gasteiger partial charge in [-0.25, -0.2) is 9.36 Å². The lowest BCUT2D eigenvalue weighted by molar-refractivity contribution is 0.136. The van der Waals surface area contributed by atoms with Gasteiger partial charge >= 0.3 is 13.7 Å². The minimum Gasteiger partial charge on any atom is -0.445 e. The first kappa shape index (κ1) is 25.4. The van der Waals surface area contributed by atoms with E-state index in [9.17, 15) is 9.36 Å². The van der Waals surface area contributed by atoms with Crippen molar-refractivity contribution in [3.05, 3.63) is 95.6 Å². The Morgan fingerprint density at radius 3 is 1.82 bits per heavy atom. The van der Waals surface area contributed by atoms with Crippen LogP contribution in [0.4, 0.5) is 4.79 Å². The Bertz CT molecular complexity index is 1080. The summed E-state index contributed by atoms with van der Waals surface area (Å²) in [5.41, 5.74) is 2.48. The van der Waals surface area contributed by atoms with Crippen molar-refractivity contribution >= 4 is 13.7 Å². The maximum Gasteiger partial charge on any atom is 0.453 e. The molecule has 7 heteroatoms. The maximum atomic E-state index is 14.4. The topological polar surface area (TPSA) is 73.9 Å². The van der Waals surface area contributed by atoms with E-state index < -0.39 is 19.5 Å². The third-order valence-corrected chi connectivity index (χ3v) is 7.22. The van der Waals surface area contributed by atoms with Crippen LogP contribution in [0.2, 0.25) is 0 Å². The zero-order chi connectivity index (χ0) is 24.6. The summed E-state index contributed by atoms with van der Waals surface area (Å²) < 4.78 is 32.0. The molecule has 3 aromatic carbocycles.